The summed E-state index contributed by atoms with van der Waals surface area (Å²) >= 11 is 0. The number of alkyl halides is 2. The van der Waals surface area contributed by atoms with Crippen LogP contribution in [0.25, 0.3) is 22.4 Å². The van der Waals surface area contributed by atoms with Crippen molar-refractivity contribution in [3.8, 4) is 34.2 Å². The van der Waals surface area contributed by atoms with E-state index < -0.39 is 5.92 Å². The SMILES string of the molecule is Cc1c(-c2c(C(=O)Nc3ccc(O)cc3)c(C)n(C)c2-c2cc3c(cc2C(=O)N2Cc4ccccc4C[C@H]2CN2CCCCC2)CN(C(=O)Cc2ccc(CCN4CCC(F)(F)CC4)cc2)CC3)cc(C#N)n1C. The zero-order chi connectivity index (χ0) is 51.8. The van der Waals surface area contributed by atoms with Crippen LogP contribution in [0.1, 0.15) is 103 Å². The van der Waals surface area contributed by atoms with E-state index in [4.69, 9.17) is 0 Å². The molecule has 12 nitrogen and oxygen atoms in total. The van der Waals surface area contributed by atoms with E-state index in [0.717, 1.165) is 78.8 Å². The van der Waals surface area contributed by atoms with Crippen LogP contribution in [0.2, 0.25) is 0 Å². The third-order valence-electron chi connectivity index (χ3n) is 16.4. The normalized spacial score (nSPS) is 17.9. The lowest BCUT2D eigenvalue weighted by Gasteiger charge is -2.41. The van der Waals surface area contributed by atoms with Gasteiger partial charge in [-0.2, -0.15) is 5.26 Å². The van der Waals surface area contributed by atoms with Gasteiger partial charge in [0.05, 0.1) is 17.7 Å². The van der Waals surface area contributed by atoms with E-state index in [1.807, 2.05) is 84.4 Å². The molecule has 10 rings (SSSR count). The monoisotopic (exact) mass is 1000 g/mol. The number of anilines is 1. The Hall–Kier alpha value is -7.08. The molecule has 4 aliphatic heterocycles. The minimum atomic E-state index is -2.57. The first-order chi connectivity index (χ1) is 35.6. The molecule has 14 heteroatoms. The molecule has 2 saturated heterocycles. The molecule has 74 heavy (non-hydrogen) atoms. The van der Waals surface area contributed by atoms with Crippen molar-refractivity contribution in [2.75, 3.05) is 51.1 Å². The summed E-state index contributed by atoms with van der Waals surface area (Å²) < 4.78 is 31.3. The van der Waals surface area contributed by atoms with Crippen LogP contribution in [0.5, 0.6) is 5.75 Å². The summed E-state index contributed by atoms with van der Waals surface area (Å²) in [7, 11) is 3.76. The molecule has 0 unspecified atom stereocenters. The Bertz CT molecular complexity index is 3130. The molecule has 384 valence electrons. The fraction of sp³-hybridized carbons (Fsp3) is 0.400. The second-order valence-corrected chi connectivity index (χ2v) is 21.0. The number of nitrogens with zero attached hydrogens (tertiary/aromatic N) is 7. The smallest absolute Gasteiger partial charge is 0.258 e. The van der Waals surface area contributed by atoms with E-state index in [-0.39, 0.29) is 48.8 Å². The van der Waals surface area contributed by atoms with Crippen molar-refractivity contribution >= 4 is 23.4 Å². The van der Waals surface area contributed by atoms with Gasteiger partial charge >= 0.3 is 0 Å². The molecule has 0 spiro atoms. The molecule has 0 bridgehead atoms. The number of phenolic OH excluding ortho intramolecular Hbond substituents is 1. The number of carbonyl (C=O) groups excluding carboxylic acids is 3. The van der Waals surface area contributed by atoms with Crippen LogP contribution >= 0.6 is 0 Å². The topological polar surface area (TPSA) is 130 Å². The second kappa shape index (κ2) is 21.0. The average molecular weight is 1000 g/mol. The number of carbonyl (C=O) groups is 3. The molecule has 0 radical (unpaired) electrons. The molecule has 2 aromatic heterocycles. The standard InChI is InChI=1S/C60H66F2N8O4/c1-39-51(34-48(35-63)65(39)3)56-55(58(73)64-47-16-18-50(71)19-17-47)40(2)66(4)57(56)52-32-44-21-27-69(54(72)30-42-14-12-41(13-15-42)20-26-67-28-22-60(61,62)23-29-67)36-46(44)33-53(52)59(74)70-37-45-11-7-6-10-43(45)31-49(70)38-68-24-8-5-9-25-68/h6-7,10-19,32-34,49,71H,5,8-9,20-31,36-38H2,1-4H3,(H,64,73)/t49-/m0/s1. The summed E-state index contributed by atoms with van der Waals surface area (Å²) in [4.78, 5) is 53.6. The van der Waals surface area contributed by atoms with Crippen LogP contribution in [0.3, 0.4) is 0 Å². The summed E-state index contributed by atoms with van der Waals surface area (Å²) in [6.07, 6.45) is 5.50. The summed E-state index contributed by atoms with van der Waals surface area (Å²) in [5.74, 6) is -3.00. The highest BCUT2D eigenvalue weighted by Gasteiger charge is 2.38. The van der Waals surface area contributed by atoms with Crippen LogP contribution in [0.15, 0.2) is 91.0 Å². The lowest BCUT2D eigenvalue weighted by molar-refractivity contribution is -0.131. The lowest BCUT2D eigenvalue weighted by Crippen LogP contribution is -2.51. The van der Waals surface area contributed by atoms with E-state index in [0.29, 0.717) is 96.3 Å². The Morgan fingerprint density at radius 2 is 1.46 bits per heavy atom. The van der Waals surface area contributed by atoms with Gasteiger partial charge in [-0.25, -0.2) is 8.78 Å². The molecule has 0 aliphatic carbocycles. The second-order valence-electron chi connectivity index (χ2n) is 21.0. The van der Waals surface area contributed by atoms with Gasteiger partial charge in [-0.1, -0.05) is 55.0 Å². The number of nitriles is 1. The van der Waals surface area contributed by atoms with Gasteiger partial charge in [0.2, 0.25) is 5.91 Å². The summed E-state index contributed by atoms with van der Waals surface area (Å²) in [5, 5.41) is 23.4. The Morgan fingerprint density at radius 3 is 2.16 bits per heavy atom. The van der Waals surface area contributed by atoms with Crippen molar-refractivity contribution in [1.29, 1.82) is 5.26 Å². The van der Waals surface area contributed by atoms with Crippen molar-refractivity contribution in [3.05, 3.63) is 153 Å². The number of aromatic nitrogens is 2. The van der Waals surface area contributed by atoms with E-state index in [9.17, 15) is 28.7 Å². The number of hydrogen-bond donors (Lipinski definition) is 2. The number of nitrogens with one attached hydrogen (secondary N) is 1. The molecule has 2 fully saturated rings. The minimum Gasteiger partial charge on any atom is -0.508 e. The number of aromatic hydroxyl groups is 1. The maximum atomic E-state index is 16.1. The van der Waals surface area contributed by atoms with Gasteiger partial charge < -0.3 is 39.2 Å². The van der Waals surface area contributed by atoms with E-state index in [1.54, 1.807) is 12.1 Å². The molecule has 6 aromatic rings. The largest absolute Gasteiger partial charge is 0.508 e. The number of benzene rings is 4. The van der Waals surface area contributed by atoms with E-state index >= 15 is 4.79 Å². The maximum absolute atomic E-state index is 16.1. The van der Waals surface area contributed by atoms with Gasteiger partial charge in [0.25, 0.3) is 17.7 Å². The molecule has 1 atom stereocenters. The molecule has 3 amide bonds. The van der Waals surface area contributed by atoms with Crippen LogP contribution in [-0.2, 0) is 57.7 Å². The van der Waals surface area contributed by atoms with E-state index in [2.05, 4.69) is 50.4 Å². The van der Waals surface area contributed by atoms with Crippen molar-refractivity contribution in [3.63, 3.8) is 0 Å². The quantitative estimate of drug-likeness (QED) is 0.117. The Balaban J connectivity index is 1.03. The van der Waals surface area contributed by atoms with Crippen molar-refractivity contribution in [1.82, 2.24) is 28.7 Å². The van der Waals surface area contributed by atoms with Crippen LogP contribution in [0.4, 0.5) is 14.5 Å². The van der Waals surface area contributed by atoms with Gasteiger partial charge in [-0.05, 0) is 135 Å². The first-order valence-corrected chi connectivity index (χ1v) is 26.2. The van der Waals surface area contributed by atoms with Crippen LogP contribution in [0, 0.1) is 25.2 Å². The molecular weight excluding hydrogens is 935 g/mol. The number of piperidine rings is 2. The van der Waals surface area contributed by atoms with Gasteiger partial charge in [0.1, 0.15) is 17.5 Å². The average Bonchev–Trinajstić information content (AvgIpc) is 3.85. The molecule has 2 N–H and O–H groups in total. The predicted molar refractivity (Wildman–Crippen MR) is 283 cm³/mol. The zero-order valence-electron chi connectivity index (χ0n) is 43.0. The van der Waals surface area contributed by atoms with Crippen molar-refractivity contribution < 1.29 is 28.3 Å². The number of rotatable bonds is 12. The first-order valence-electron chi connectivity index (χ1n) is 26.2. The number of hydrogen-bond acceptors (Lipinski definition) is 7. The highest BCUT2D eigenvalue weighted by molar-refractivity contribution is 6.14. The van der Waals surface area contributed by atoms with Gasteiger partial charge in [-0.15, -0.1) is 0 Å². The maximum Gasteiger partial charge on any atom is 0.258 e. The van der Waals surface area contributed by atoms with Crippen LogP contribution < -0.4 is 5.32 Å². The fourth-order valence-corrected chi connectivity index (χ4v) is 11.7. The number of fused-ring (bicyclic) bond motifs is 2. The molecular formula is C60H66F2N8O4. The van der Waals surface area contributed by atoms with Gasteiger partial charge in [-0.3, -0.25) is 14.4 Å². The highest BCUT2D eigenvalue weighted by Crippen LogP contribution is 2.44. The van der Waals surface area contributed by atoms with Crippen molar-refractivity contribution in [2.24, 2.45) is 14.1 Å². The number of amides is 3. The van der Waals surface area contributed by atoms with Crippen molar-refractivity contribution in [2.45, 2.75) is 96.7 Å². The lowest BCUT2D eigenvalue weighted by atomic mass is 9.87. The molecule has 4 aromatic carbocycles. The fourth-order valence-electron chi connectivity index (χ4n) is 11.7. The molecule has 4 aliphatic rings. The van der Waals surface area contributed by atoms with E-state index in [1.165, 1.54) is 24.1 Å². The number of phenols is 1. The Labute approximate surface area is 432 Å². The summed E-state index contributed by atoms with van der Waals surface area (Å²) in [6.45, 7) is 9.32. The Morgan fingerprint density at radius 1 is 0.757 bits per heavy atom. The number of likely N-dealkylation sites (tertiary alicyclic amines) is 2. The van der Waals surface area contributed by atoms with Gasteiger partial charge in [0.15, 0.2) is 0 Å². The highest BCUT2D eigenvalue weighted by atomic mass is 19.3. The van der Waals surface area contributed by atoms with Gasteiger partial charge in [0, 0.05) is 118 Å². The minimum absolute atomic E-state index is 0.0127. The zero-order valence-corrected chi connectivity index (χ0v) is 43.0. The number of halogens is 2. The third kappa shape index (κ3) is 10.4. The Kier molecular flexibility index (Phi) is 14.3. The molecule has 6 heterocycles. The first kappa shape index (κ1) is 50.5. The third-order valence-corrected chi connectivity index (χ3v) is 16.4. The summed E-state index contributed by atoms with van der Waals surface area (Å²) in [6, 6.07) is 30.9. The molecule has 0 saturated carbocycles. The predicted octanol–water partition coefficient (Wildman–Crippen LogP) is 9.60. The van der Waals surface area contributed by atoms with Crippen LogP contribution in [-0.4, -0.2) is 109 Å². The summed E-state index contributed by atoms with van der Waals surface area (Å²) in [5.41, 5.74) is 12.2.